The molecule has 4 heteroatoms. The van der Waals surface area contributed by atoms with E-state index in [1.807, 2.05) is 6.20 Å². The Labute approximate surface area is 181 Å². The van der Waals surface area contributed by atoms with Gasteiger partial charge in [-0.3, -0.25) is 4.98 Å². The minimum Gasteiger partial charge on any atom is -0.453 e. The molecule has 3 aliphatic carbocycles. The van der Waals surface area contributed by atoms with E-state index in [9.17, 15) is 4.79 Å². The van der Waals surface area contributed by atoms with Crippen LogP contribution in [0.25, 0.3) is 5.57 Å². The second-order valence-electron chi connectivity index (χ2n) is 10.8. The van der Waals surface area contributed by atoms with Gasteiger partial charge >= 0.3 is 6.09 Å². The van der Waals surface area contributed by atoms with E-state index < -0.39 is 0 Å². The van der Waals surface area contributed by atoms with Gasteiger partial charge in [-0.25, -0.2) is 4.79 Å². The molecule has 6 unspecified atom stereocenters. The van der Waals surface area contributed by atoms with E-state index in [-0.39, 0.29) is 16.9 Å². The molecule has 4 nitrogen and oxygen atoms in total. The van der Waals surface area contributed by atoms with Crippen molar-refractivity contribution in [2.75, 3.05) is 13.7 Å². The number of allylic oxidation sites excluding steroid dienone is 2. The number of piperidine rings is 1. The number of rotatable bonds is 1. The van der Waals surface area contributed by atoms with E-state index in [1.165, 1.54) is 55.9 Å². The quantitative estimate of drug-likeness (QED) is 0.585. The van der Waals surface area contributed by atoms with Crippen LogP contribution in [0.15, 0.2) is 24.5 Å². The highest BCUT2D eigenvalue weighted by atomic mass is 16.5. The van der Waals surface area contributed by atoms with Crippen molar-refractivity contribution in [2.45, 2.75) is 71.8 Å². The van der Waals surface area contributed by atoms with Crippen molar-refractivity contribution in [2.24, 2.45) is 28.6 Å². The summed E-state index contributed by atoms with van der Waals surface area (Å²) in [6.45, 7) is 8.00. The first-order valence-corrected chi connectivity index (χ1v) is 11.9. The molecule has 4 aliphatic rings. The summed E-state index contributed by atoms with van der Waals surface area (Å²) in [5.74, 6) is 2.19. The van der Waals surface area contributed by atoms with Crippen LogP contribution in [-0.4, -0.2) is 35.7 Å². The lowest BCUT2D eigenvalue weighted by Gasteiger charge is -2.62. The first-order chi connectivity index (χ1) is 14.4. The number of pyridine rings is 1. The molecule has 1 aromatic rings. The SMILES string of the molecule is COC(=O)N1CCCC2(C)C3CCC4(C)C(c5cncc(C)c5)=CCC4C3CCC12. The third-order valence-corrected chi connectivity index (χ3v) is 9.49. The molecule has 5 rings (SSSR count). The van der Waals surface area contributed by atoms with Gasteiger partial charge in [-0.05, 0) is 103 Å². The van der Waals surface area contributed by atoms with Crippen LogP contribution in [0.4, 0.5) is 4.79 Å². The third-order valence-electron chi connectivity index (χ3n) is 9.49. The van der Waals surface area contributed by atoms with E-state index in [2.05, 4.69) is 49.0 Å². The Morgan fingerprint density at radius 3 is 2.77 bits per heavy atom. The monoisotopic (exact) mass is 408 g/mol. The van der Waals surface area contributed by atoms with Crippen LogP contribution in [-0.2, 0) is 4.74 Å². The number of methoxy groups -OCH3 is 1. The van der Waals surface area contributed by atoms with Crippen LogP contribution in [0.5, 0.6) is 0 Å². The Hall–Kier alpha value is -1.84. The normalized spacial score (nSPS) is 40.1. The molecule has 1 aromatic heterocycles. The number of hydrogen-bond donors (Lipinski definition) is 0. The number of aryl methyl sites for hydroxylation is 1. The van der Waals surface area contributed by atoms with Gasteiger partial charge in [0.15, 0.2) is 0 Å². The summed E-state index contributed by atoms with van der Waals surface area (Å²) in [5, 5.41) is 0. The van der Waals surface area contributed by atoms with Crippen molar-refractivity contribution >= 4 is 11.7 Å². The summed E-state index contributed by atoms with van der Waals surface area (Å²) in [6.07, 6.45) is 14.9. The molecular formula is C26H36N2O2. The minimum atomic E-state index is -0.123. The maximum absolute atomic E-state index is 12.5. The summed E-state index contributed by atoms with van der Waals surface area (Å²) < 4.78 is 5.15. The first-order valence-electron chi connectivity index (χ1n) is 11.9. The van der Waals surface area contributed by atoms with E-state index in [1.54, 1.807) is 0 Å². The zero-order valence-electron chi connectivity index (χ0n) is 19.0. The van der Waals surface area contributed by atoms with E-state index in [4.69, 9.17) is 4.74 Å². The summed E-state index contributed by atoms with van der Waals surface area (Å²) in [4.78, 5) is 19.0. The van der Waals surface area contributed by atoms with Crippen LogP contribution in [0, 0.1) is 35.5 Å². The van der Waals surface area contributed by atoms with Crippen LogP contribution in [0.3, 0.4) is 0 Å². The van der Waals surface area contributed by atoms with Crippen molar-refractivity contribution in [1.82, 2.24) is 9.88 Å². The molecule has 162 valence electrons. The lowest BCUT2D eigenvalue weighted by Crippen LogP contribution is -2.61. The molecule has 0 spiro atoms. The Morgan fingerprint density at radius 2 is 2.00 bits per heavy atom. The minimum absolute atomic E-state index is 0.123. The van der Waals surface area contributed by atoms with Gasteiger partial charge < -0.3 is 9.64 Å². The second kappa shape index (κ2) is 7.10. The van der Waals surface area contributed by atoms with Gasteiger partial charge in [-0.2, -0.15) is 0 Å². The third kappa shape index (κ3) is 2.78. The number of likely N-dealkylation sites (tertiary alicyclic amines) is 1. The van der Waals surface area contributed by atoms with Crippen molar-refractivity contribution in [3.05, 3.63) is 35.7 Å². The van der Waals surface area contributed by atoms with E-state index >= 15 is 0 Å². The Bertz CT molecular complexity index is 880. The molecule has 0 bridgehead atoms. The lowest BCUT2D eigenvalue weighted by molar-refractivity contribution is -0.109. The fraction of sp³-hybridized carbons (Fsp3) is 0.692. The smallest absolute Gasteiger partial charge is 0.409 e. The predicted octanol–water partition coefficient (Wildman–Crippen LogP) is 5.86. The molecule has 1 saturated heterocycles. The molecule has 0 N–H and O–H groups in total. The maximum Gasteiger partial charge on any atom is 0.409 e. The summed E-state index contributed by atoms with van der Waals surface area (Å²) in [6, 6.07) is 2.66. The molecule has 3 fully saturated rings. The van der Waals surface area contributed by atoms with Crippen LogP contribution < -0.4 is 0 Å². The zero-order chi connectivity index (χ0) is 21.1. The maximum atomic E-state index is 12.5. The largest absolute Gasteiger partial charge is 0.453 e. The van der Waals surface area contributed by atoms with Gasteiger partial charge in [-0.1, -0.05) is 19.9 Å². The topological polar surface area (TPSA) is 42.4 Å². The van der Waals surface area contributed by atoms with Gasteiger partial charge in [0.05, 0.1) is 7.11 Å². The van der Waals surface area contributed by atoms with Crippen molar-refractivity contribution in [1.29, 1.82) is 0 Å². The summed E-state index contributed by atoms with van der Waals surface area (Å²) >= 11 is 0. The summed E-state index contributed by atoms with van der Waals surface area (Å²) in [7, 11) is 1.53. The van der Waals surface area contributed by atoms with Gasteiger partial charge in [0, 0.05) is 25.0 Å². The molecule has 0 radical (unpaired) electrons. The average molecular weight is 409 g/mol. The number of hydrogen-bond acceptors (Lipinski definition) is 3. The number of fused-ring (bicyclic) bond motifs is 5. The molecule has 1 amide bonds. The van der Waals surface area contributed by atoms with E-state index in [0.29, 0.717) is 12.0 Å². The first kappa shape index (κ1) is 20.1. The van der Waals surface area contributed by atoms with E-state index in [0.717, 1.165) is 31.2 Å². The highest BCUT2D eigenvalue weighted by Gasteiger charge is 2.59. The number of carbonyl (C=O) groups is 1. The van der Waals surface area contributed by atoms with Crippen LogP contribution in [0.1, 0.15) is 69.9 Å². The number of amides is 1. The number of ether oxygens (including phenoxy) is 1. The highest BCUT2D eigenvalue weighted by molar-refractivity contribution is 5.73. The number of aromatic nitrogens is 1. The molecular weight excluding hydrogens is 372 g/mol. The second-order valence-corrected chi connectivity index (χ2v) is 10.8. The fourth-order valence-corrected chi connectivity index (χ4v) is 8.14. The predicted molar refractivity (Wildman–Crippen MR) is 119 cm³/mol. The van der Waals surface area contributed by atoms with Crippen molar-refractivity contribution < 1.29 is 9.53 Å². The average Bonchev–Trinajstić information content (AvgIpc) is 3.09. The molecule has 6 atom stereocenters. The molecule has 0 aromatic carbocycles. The van der Waals surface area contributed by atoms with Crippen LogP contribution >= 0.6 is 0 Å². The number of carbonyl (C=O) groups excluding carboxylic acids is 1. The van der Waals surface area contributed by atoms with Gasteiger partial charge in [0.25, 0.3) is 0 Å². The fourth-order valence-electron chi connectivity index (χ4n) is 8.14. The van der Waals surface area contributed by atoms with Crippen LogP contribution in [0.2, 0.25) is 0 Å². The van der Waals surface area contributed by atoms with Crippen molar-refractivity contribution in [3.8, 4) is 0 Å². The molecule has 2 saturated carbocycles. The molecule has 1 aliphatic heterocycles. The van der Waals surface area contributed by atoms with Gasteiger partial charge in [0.1, 0.15) is 0 Å². The standard InChI is InChI=1S/C26H36N2O2/c1-17-14-18(16-27-15-17)20-7-8-21-19-6-9-23-26(3,22(19)10-12-25(20,21)2)11-5-13-28(23)24(29)30-4/h7,14-16,19,21-23H,5-6,8-13H2,1-4H3. The molecule has 2 heterocycles. The molecule has 30 heavy (non-hydrogen) atoms. The zero-order valence-corrected chi connectivity index (χ0v) is 19.0. The van der Waals surface area contributed by atoms with Gasteiger partial charge in [0.2, 0.25) is 0 Å². The highest BCUT2D eigenvalue weighted by Crippen LogP contribution is 2.66. The van der Waals surface area contributed by atoms with Crippen molar-refractivity contribution in [3.63, 3.8) is 0 Å². The Morgan fingerprint density at radius 1 is 1.17 bits per heavy atom. The van der Waals surface area contributed by atoms with Gasteiger partial charge in [-0.15, -0.1) is 0 Å². The summed E-state index contributed by atoms with van der Waals surface area (Å²) in [5.41, 5.74) is 4.59. The Kier molecular flexibility index (Phi) is 4.75. The number of nitrogens with zero attached hydrogens (tertiary/aromatic N) is 2. The Balaban J connectivity index is 1.43. The lowest BCUT2D eigenvalue weighted by atomic mass is 9.46.